The predicted molar refractivity (Wildman–Crippen MR) is 80.6 cm³/mol. The van der Waals surface area contributed by atoms with Crippen LogP contribution in [0.3, 0.4) is 0 Å². The summed E-state index contributed by atoms with van der Waals surface area (Å²) in [5.41, 5.74) is 7.38. The Kier molecular flexibility index (Phi) is 6.28. The van der Waals surface area contributed by atoms with Gasteiger partial charge in [-0.15, -0.1) is 0 Å². The summed E-state index contributed by atoms with van der Waals surface area (Å²) in [4.78, 5) is 4.49. The highest BCUT2D eigenvalue weighted by molar-refractivity contribution is 5.31. The Balaban J connectivity index is 2.86. The summed E-state index contributed by atoms with van der Waals surface area (Å²) < 4.78 is 5.30. The molecular weight excluding hydrogens is 238 g/mol. The van der Waals surface area contributed by atoms with E-state index in [2.05, 4.69) is 50.0 Å². The second-order valence-corrected chi connectivity index (χ2v) is 5.36. The maximum absolute atomic E-state index is 6.17. The average Bonchev–Trinajstić information content (AvgIpc) is 2.36. The molecule has 1 aromatic rings. The third kappa shape index (κ3) is 4.82. The highest BCUT2D eigenvalue weighted by Crippen LogP contribution is 2.25. The SMILES string of the molecule is COc1cccc(C(C(C)N)N(C)CCN(C)C)c1. The van der Waals surface area contributed by atoms with E-state index in [0.717, 1.165) is 18.8 Å². The number of nitrogens with two attached hydrogens (primary N) is 1. The van der Waals surface area contributed by atoms with Crippen molar-refractivity contribution >= 4 is 0 Å². The maximum Gasteiger partial charge on any atom is 0.119 e. The summed E-state index contributed by atoms with van der Waals surface area (Å²) in [6, 6.07) is 8.43. The number of likely N-dealkylation sites (N-methyl/N-ethyl adjacent to an activating group) is 2. The lowest BCUT2D eigenvalue weighted by molar-refractivity contribution is 0.198. The number of hydrogen-bond donors (Lipinski definition) is 1. The van der Waals surface area contributed by atoms with Gasteiger partial charge in [-0.25, -0.2) is 0 Å². The summed E-state index contributed by atoms with van der Waals surface area (Å²) in [5.74, 6) is 0.879. The van der Waals surface area contributed by atoms with Crippen LogP contribution in [-0.2, 0) is 0 Å². The number of ether oxygens (including phenoxy) is 1. The molecule has 0 aliphatic heterocycles. The van der Waals surface area contributed by atoms with E-state index in [1.807, 2.05) is 12.1 Å². The van der Waals surface area contributed by atoms with Gasteiger partial charge < -0.3 is 15.4 Å². The molecule has 0 amide bonds. The van der Waals surface area contributed by atoms with Crippen LogP contribution >= 0.6 is 0 Å². The lowest BCUT2D eigenvalue weighted by Gasteiger charge is -2.32. The van der Waals surface area contributed by atoms with E-state index in [4.69, 9.17) is 10.5 Å². The van der Waals surface area contributed by atoms with E-state index in [1.165, 1.54) is 5.56 Å². The monoisotopic (exact) mass is 265 g/mol. The molecule has 4 heteroatoms. The highest BCUT2D eigenvalue weighted by atomic mass is 16.5. The van der Waals surface area contributed by atoms with Crippen LogP contribution in [0, 0.1) is 0 Å². The van der Waals surface area contributed by atoms with Gasteiger partial charge in [0.25, 0.3) is 0 Å². The van der Waals surface area contributed by atoms with Crippen molar-refractivity contribution in [2.45, 2.75) is 19.0 Å². The third-order valence-electron chi connectivity index (χ3n) is 3.31. The zero-order valence-corrected chi connectivity index (χ0v) is 12.8. The van der Waals surface area contributed by atoms with Crippen LogP contribution in [0.25, 0.3) is 0 Å². The third-order valence-corrected chi connectivity index (χ3v) is 3.31. The number of benzene rings is 1. The summed E-state index contributed by atoms with van der Waals surface area (Å²) >= 11 is 0. The molecule has 0 fully saturated rings. The first-order chi connectivity index (χ1) is 8.95. The number of methoxy groups -OCH3 is 1. The summed E-state index contributed by atoms with van der Waals surface area (Å²) in [6.07, 6.45) is 0. The minimum atomic E-state index is 0.0688. The molecule has 0 heterocycles. The molecule has 0 aliphatic rings. The second-order valence-electron chi connectivity index (χ2n) is 5.36. The van der Waals surface area contributed by atoms with Crippen LogP contribution in [0.2, 0.25) is 0 Å². The number of hydrogen-bond acceptors (Lipinski definition) is 4. The van der Waals surface area contributed by atoms with Gasteiger partial charge in [0.05, 0.1) is 7.11 Å². The van der Waals surface area contributed by atoms with Crippen molar-refractivity contribution in [1.82, 2.24) is 9.80 Å². The molecule has 0 saturated heterocycles. The molecule has 0 aliphatic carbocycles. The average molecular weight is 265 g/mol. The van der Waals surface area contributed by atoms with E-state index in [0.29, 0.717) is 0 Å². The summed E-state index contributed by atoms with van der Waals surface area (Å²) in [7, 11) is 7.98. The Morgan fingerprint density at radius 3 is 2.42 bits per heavy atom. The topological polar surface area (TPSA) is 41.7 Å². The summed E-state index contributed by atoms with van der Waals surface area (Å²) in [6.45, 7) is 4.05. The quantitative estimate of drug-likeness (QED) is 0.813. The number of nitrogens with zero attached hydrogens (tertiary/aromatic N) is 2. The van der Waals surface area contributed by atoms with Crippen molar-refractivity contribution in [3.8, 4) is 5.75 Å². The first-order valence-corrected chi connectivity index (χ1v) is 6.70. The highest BCUT2D eigenvalue weighted by Gasteiger charge is 2.21. The standard InChI is InChI=1S/C15H27N3O/c1-12(16)15(18(4)10-9-17(2)3)13-7-6-8-14(11-13)19-5/h6-8,11-12,15H,9-10,16H2,1-5H3. The molecule has 108 valence electrons. The number of rotatable bonds is 7. The molecule has 0 saturated carbocycles. The molecule has 4 nitrogen and oxygen atoms in total. The Morgan fingerprint density at radius 2 is 1.89 bits per heavy atom. The predicted octanol–water partition coefficient (Wildman–Crippen LogP) is 1.58. The first-order valence-electron chi connectivity index (χ1n) is 6.70. The molecule has 0 aromatic heterocycles. The Bertz CT molecular complexity index is 379. The molecule has 1 aromatic carbocycles. The van der Waals surface area contributed by atoms with Crippen LogP contribution in [-0.4, -0.2) is 57.2 Å². The smallest absolute Gasteiger partial charge is 0.119 e. The fourth-order valence-electron chi connectivity index (χ4n) is 2.28. The van der Waals surface area contributed by atoms with E-state index in [-0.39, 0.29) is 12.1 Å². The minimum Gasteiger partial charge on any atom is -0.497 e. The van der Waals surface area contributed by atoms with Gasteiger partial charge in [0, 0.05) is 25.2 Å². The van der Waals surface area contributed by atoms with Crippen LogP contribution < -0.4 is 10.5 Å². The molecule has 1 rings (SSSR count). The largest absolute Gasteiger partial charge is 0.497 e. The molecule has 2 N–H and O–H groups in total. The van der Waals surface area contributed by atoms with Gasteiger partial charge in [-0.1, -0.05) is 12.1 Å². The van der Waals surface area contributed by atoms with Crippen LogP contribution in [0.1, 0.15) is 18.5 Å². The maximum atomic E-state index is 6.17. The zero-order valence-electron chi connectivity index (χ0n) is 12.8. The van der Waals surface area contributed by atoms with Crippen molar-refractivity contribution in [2.24, 2.45) is 5.73 Å². The van der Waals surface area contributed by atoms with Gasteiger partial charge in [-0.3, -0.25) is 4.90 Å². The van der Waals surface area contributed by atoms with Gasteiger partial charge >= 0.3 is 0 Å². The molecule has 19 heavy (non-hydrogen) atoms. The van der Waals surface area contributed by atoms with Crippen LogP contribution in [0.15, 0.2) is 24.3 Å². The van der Waals surface area contributed by atoms with Gasteiger partial charge in [0.1, 0.15) is 5.75 Å². The molecule has 0 spiro atoms. The molecule has 0 radical (unpaired) electrons. The lowest BCUT2D eigenvalue weighted by Crippen LogP contribution is -2.40. The Hall–Kier alpha value is -1.10. The normalized spacial score (nSPS) is 14.7. The van der Waals surface area contributed by atoms with Gasteiger partial charge in [0.2, 0.25) is 0 Å². The fourth-order valence-corrected chi connectivity index (χ4v) is 2.28. The van der Waals surface area contributed by atoms with Crippen molar-refractivity contribution in [1.29, 1.82) is 0 Å². The zero-order chi connectivity index (χ0) is 14.4. The first kappa shape index (κ1) is 16.0. The molecule has 2 unspecified atom stereocenters. The van der Waals surface area contributed by atoms with Crippen molar-refractivity contribution in [3.63, 3.8) is 0 Å². The Morgan fingerprint density at radius 1 is 1.21 bits per heavy atom. The molecular formula is C15H27N3O. The Labute approximate surface area is 117 Å². The fraction of sp³-hybridized carbons (Fsp3) is 0.600. The van der Waals surface area contributed by atoms with E-state index in [1.54, 1.807) is 7.11 Å². The van der Waals surface area contributed by atoms with E-state index < -0.39 is 0 Å². The van der Waals surface area contributed by atoms with Crippen LogP contribution in [0.5, 0.6) is 5.75 Å². The second kappa shape index (κ2) is 7.48. The summed E-state index contributed by atoms with van der Waals surface area (Å²) in [5, 5.41) is 0. The van der Waals surface area contributed by atoms with Gasteiger partial charge in [0.15, 0.2) is 0 Å². The lowest BCUT2D eigenvalue weighted by atomic mass is 9.99. The van der Waals surface area contributed by atoms with Crippen molar-refractivity contribution in [2.75, 3.05) is 41.3 Å². The van der Waals surface area contributed by atoms with Crippen molar-refractivity contribution in [3.05, 3.63) is 29.8 Å². The minimum absolute atomic E-state index is 0.0688. The molecule has 2 atom stereocenters. The van der Waals surface area contributed by atoms with E-state index >= 15 is 0 Å². The van der Waals surface area contributed by atoms with Gasteiger partial charge in [-0.05, 0) is 45.8 Å². The van der Waals surface area contributed by atoms with Crippen molar-refractivity contribution < 1.29 is 4.74 Å². The van der Waals surface area contributed by atoms with Gasteiger partial charge in [-0.2, -0.15) is 0 Å². The molecule has 0 bridgehead atoms. The van der Waals surface area contributed by atoms with E-state index in [9.17, 15) is 0 Å². The van der Waals surface area contributed by atoms with Crippen LogP contribution in [0.4, 0.5) is 0 Å².